The summed E-state index contributed by atoms with van der Waals surface area (Å²) in [6.07, 6.45) is -3.26. The van der Waals surface area contributed by atoms with Crippen molar-refractivity contribution in [3.8, 4) is 0 Å². The molecule has 0 unspecified atom stereocenters. The first-order valence-electron chi connectivity index (χ1n) is 17.9. The minimum atomic E-state index is -5.08. The number of aromatic nitrogens is 3. The molecule has 60 heavy (non-hydrogen) atoms. The van der Waals surface area contributed by atoms with E-state index in [4.69, 9.17) is 25.5 Å². The maximum absolute atomic E-state index is 13.3. The van der Waals surface area contributed by atoms with Crippen LogP contribution in [0, 0.1) is 5.92 Å². The van der Waals surface area contributed by atoms with Gasteiger partial charge in [0.2, 0.25) is 0 Å². The zero-order chi connectivity index (χ0) is 45.5. The first-order valence-corrected chi connectivity index (χ1v) is 17.9. The smallest absolute Gasteiger partial charge is 0.475 e. The number of hydrogen-bond acceptors (Lipinski definition) is 7. The van der Waals surface area contributed by atoms with Gasteiger partial charge >= 0.3 is 24.3 Å². The Hall–Kier alpha value is -6.58. The van der Waals surface area contributed by atoms with E-state index in [0.29, 0.717) is 59.0 Å². The number of nitrogens with two attached hydrogens (primary N) is 1. The van der Waals surface area contributed by atoms with Crippen LogP contribution >= 0.6 is 0 Å². The highest BCUT2D eigenvalue weighted by Gasteiger charge is 2.39. The van der Waals surface area contributed by atoms with Gasteiger partial charge in [-0.1, -0.05) is 44.2 Å². The van der Waals surface area contributed by atoms with Gasteiger partial charge in [-0.25, -0.2) is 14.6 Å². The van der Waals surface area contributed by atoms with E-state index < -0.39 is 24.3 Å². The Morgan fingerprint density at radius 3 is 1.75 bits per heavy atom. The van der Waals surface area contributed by atoms with Crippen LogP contribution in [0.15, 0.2) is 72.1 Å². The lowest BCUT2D eigenvalue weighted by Gasteiger charge is -2.12. The molecular weight excluding hydrogens is 808 g/mol. The molecule has 3 amide bonds. The Labute approximate surface area is 340 Å². The summed E-state index contributed by atoms with van der Waals surface area (Å²) in [5.74, 6) is -5.61. The molecule has 0 aliphatic heterocycles. The number of benzene rings is 1. The van der Waals surface area contributed by atoms with E-state index in [1.54, 1.807) is 60.0 Å². The van der Waals surface area contributed by atoms with Gasteiger partial charge in [-0.05, 0) is 57.6 Å². The highest BCUT2D eigenvalue weighted by molar-refractivity contribution is 6.07. The van der Waals surface area contributed by atoms with Crippen molar-refractivity contribution in [3.05, 3.63) is 89.8 Å². The van der Waals surface area contributed by atoms with Crippen LogP contribution < -0.4 is 21.7 Å². The van der Waals surface area contributed by atoms with Gasteiger partial charge in [0, 0.05) is 51.3 Å². The Balaban J connectivity index is 0.000000758. The number of nitrogens with zero attached hydrogens (tertiary/aromatic N) is 5. The van der Waals surface area contributed by atoms with Crippen molar-refractivity contribution in [2.75, 3.05) is 37.8 Å². The lowest BCUT2D eigenvalue weighted by atomic mass is 10.1. The molecule has 328 valence electrons. The molecule has 1 aromatic carbocycles. The van der Waals surface area contributed by atoms with Gasteiger partial charge < -0.3 is 50.5 Å². The zero-order valence-electron chi connectivity index (χ0n) is 33.5. The third-order valence-electron chi connectivity index (χ3n) is 7.92. The van der Waals surface area contributed by atoms with Crippen LogP contribution in [0.5, 0.6) is 0 Å². The molecule has 0 bridgehead atoms. The molecule has 0 spiro atoms. The van der Waals surface area contributed by atoms with Crippen molar-refractivity contribution in [1.29, 1.82) is 0 Å². The van der Waals surface area contributed by atoms with Crippen LogP contribution in [-0.4, -0.2) is 104 Å². The predicted octanol–water partition coefficient (Wildman–Crippen LogP) is 5.70. The number of halogens is 6. The van der Waals surface area contributed by atoms with E-state index in [2.05, 4.69) is 39.7 Å². The van der Waals surface area contributed by atoms with Crippen molar-refractivity contribution in [3.63, 3.8) is 0 Å². The van der Waals surface area contributed by atoms with Crippen LogP contribution in [0.1, 0.15) is 63.7 Å². The first kappa shape index (κ1) is 49.6. The van der Waals surface area contributed by atoms with E-state index in [-0.39, 0.29) is 17.7 Å². The molecule has 22 heteroatoms. The maximum Gasteiger partial charge on any atom is 0.490 e. The molecule has 0 fully saturated rings. The van der Waals surface area contributed by atoms with Gasteiger partial charge in [-0.15, -0.1) is 0 Å². The summed E-state index contributed by atoms with van der Waals surface area (Å²) in [5, 5.41) is 23.0. The number of carbonyl (C=O) groups is 5. The summed E-state index contributed by atoms with van der Waals surface area (Å²) < 4.78 is 68.7. The van der Waals surface area contributed by atoms with Gasteiger partial charge in [0.05, 0.1) is 17.1 Å². The number of rotatable bonds is 14. The van der Waals surface area contributed by atoms with Crippen molar-refractivity contribution in [2.45, 2.75) is 45.6 Å². The molecule has 0 aliphatic carbocycles. The number of aliphatic carboxylic acids is 2. The van der Waals surface area contributed by atoms with Crippen LogP contribution in [-0.2, 0) is 30.2 Å². The third kappa shape index (κ3) is 16.3. The molecule has 0 aliphatic rings. The quantitative estimate of drug-likeness (QED) is 0.0396. The maximum atomic E-state index is 13.3. The number of amidine groups is 1. The minimum Gasteiger partial charge on any atom is -0.475 e. The van der Waals surface area contributed by atoms with Crippen molar-refractivity contribution in [2.24, 2.45) is 30.7 Å². The van der Waals surface area contributed by atoms with E-state index in [1.165, 1.54) is 0 Å². The van der Waals surface area contributed by atoms with Crippen molar-refractivity contribution in [1.82, 2.24) is 23.9 Å². The molecule has 7 N–H and O–H groups in total. The zero-order valence-corrected chi connectivity index (χ0v) is 33.5. The summed E-state index contributed by atoms with van der Waals surface area (Å²) in [5.41, 5.74) is 9.68. The molecule has 0 saturated carbocycles. The summed E-state index contributed by atoms with van der Waals surface area (Å²) in [6, 6.07) is 14.4. The average molecular weight is 856 g/mol. The lowest BCUT2D eigenvalue weighted by Crippen LogP contribution is -2.28. The SMILES string of the molecule is CC(C)CCn1cc(NC(=O)c2cc(NC(=O)c3cc(N=C(N)c4ccccc4)cn3C)cn2C)cc1C(=O)NCCCN(C)C.O=C(O)C(F)(F)F.O=C(O)C(F)(F)F. The third-order valence-corrected chi connectivity index (χ3v) is 7.92. The topological polar surface area (TPSA) is 218 Å². The van der Waals surface area contributed by atoms with Gasteiger partial charge in [0.15, 0.2) is 0 Å². The number of nitrogens with one attached hydrogen (secondary N) is 3. The number of anilines is 2. The number of carboxylic acid groups (broad SMARTS) is 2. The Bertz CT molecular complexity index is 2100. The highest BCUT2D eigenvalue weighted by atomic mass is 19.4. The standard InChI is InChI=1S/C34H45N9O3.2C2HF3O2/c1-23(2)13-16-43-22-27(19-30(43)32(44)36-14-10-15-40(3)4)39-34(46)29-18-26(21-42(29)6)38-33(45)28-17-25(20-41(28)5)37-31(35)24-11-8-7-9-12-24;2*3-2(4,5)1(6)7/h7-9,11-12,17-23H,10,13-16H2,1-6H3,(H2,35,37)(H,36,44)(H,38,45)(H,39,46);2*(H,6,7). The molecule has 3 heterocycles. The van der Waals surface area contributed by atoms with E-state index in [1.807, 2.05) is 49.0 Å². The van der Waals surface area contributed by atoms with E-state index >= 15 is 0 Å². The Morgan fingerprint density at radius 1 is 0.767 bits per heavy atom. The van der Waals surface area contributed by atoms with Crippen LogP contribution in [0.3, 0.4) is 0 Å². The molecule has 0 atom stereocenters. The van der Waals surface area contributed by atoms with Crippen LogP contribution in [0.25, 0.3) is 0 Å². The van der Waals surface area contributed by atoms with Gasteiger partial charge in [0.25, 0.3) is 17.7 Å². The largest absolute Gasteiger partial charge is 0.490 e. The van der Waals surface area contributed by atoms with Crippen LogP contribution in [0.4, 0.5) is 43.4 Å². The fourth-order valence-electron chi connectivity index (χ4n) is 4.93. The number of alkyl halides is 6. The lowest BCUT2D eigenvalue weighted by molar-refractivity contribution is -0.193. The molecular formula is C38H47F6N9O7. The number of aryl methyl sites for hydroxylation is 3. The fraction of sp³-hybridized carbons (Fsp3) is 0.368. The summed E-state index contributed by atoms with van der Waals surface area (Å²) in [4.78, 5) is 63.8. The highest BCUT2D eigenvalue weighted by Crippen LogP contribution is 2.22. The number of hydrogen-bond donors (Lipinski definition) is 6. The number of aliphatic imine (C=N–C) groups is 1. The van der Waals surface area contributed by atoms with E-state index in [9.17, 15) is 40.7 Å². The molecule has 16 nitrogen and oxygen atoms in total. The second kappa shape index (κ2) is 22.0. The number of carboxylic acids is 2. The second-order valence-electron chi connectivity index (χ2n) is 13.7. The summed E-state index contributed by atoms with van der Waals surface area (Å²) >= 11 is 0. The van der Waals surface area contributed by atoms with E-state index in [0.717, 1.165) is 24.9 Å². The van der Waals surface area contributed by atoms with Crippen LogP contribution in [0.2, 0.25) is 0 Å². The normalized spacial score (nSPS) is 11.6. The van der Waals surface area contributed by atoms with Crippen molar-refractivity contribution < 1.29 is 60.5 Å². The fourth-order valence-corrected chi connectivity index (χ4v) is 4.93. The van der Waals surface area contributed by atoms with Gasteiger partial charge in [0.1, 0.15) is 22.9 Å². The monoisotopic (exact) mass is 855 g/mol. The number of carbonyl (C=O) groups excluding carboxylic acids is 3. The minimum absolute atomic E-state index is 0.177. The predicted molar refractivity (Wildman–Crippen MR) is 210 cm³/mol. The molecule has 4 aromatic rings. The van der Waals surface area contributed by atoms with Crippen molar-refractivity contribution >= 4 is 52.6 Å². The number of amides is 3. The molecule has 3 aromatic heterocycles. The Kier molecular flexibility index (Phi) is 18.2. The molecule has 0 saturated heterocycles. The summed E-state index contributed by atoms with van der Waals surface area (Å²) in [6.45, 7) is 6.35. The van der Waals surface area contributed by atoms with Gasteiger partial charge in [-0.2, -0.15) is 26.3 Å². The molecule has 0 radical (unpaired) electrons. The Morgan fingerprint density at radius 2 is 1.25 bits per heavy atom. The summed E-state index contributed by atoms with van der Waals surface area (Å²) in [7, 11) is 7.47. The van der Waals surface area contributed by atoms with Gasteiger partial charge in [-0.3, -0.25) is 14.4 Å². The first-order chi connectivity index (χ1) is 27.8. The second-order valence-corrected chi connectivity index (χ2v) is 13.7. The molecule has 4 rings (SSSR count). The average Bonchev–Trinajstić information content (AvgIpc) is 3.84.